The van der Waals surface area contributed by atoms with Crippen molar-refractivity contribution in [2.24, 2.45) is 0 Å². The molecule has 2 aromatic rings. The molecule has 0 saturated heterocycles. The SMILES string of the molecule is CCCCc1nc(=O)c2cc(CCCO)ccc2[nH]1. The molecule has 0 bridgehead atoms. The number of nitrogens with zero attached hydrogens (tertiary/aromatic N) is 1. The fourth-order valence-corrected chi connectivity index (χ4v) is 2.14. The van der Waals surface area contributed by atoms with E-state index < -0.39 is 0 Å². The first-order valence-corrected chi connectivity index (χ1v) is 6.87. The van der Waals surface area contributed by atoms with Gasteiger partial charge in [-0.05, 0) is 37.0 Å². The minimum atomic E-state index is -0.161. The van der Waals surface area contributed by atoms with Gasteiger partial charge in [-0.15, -0.1) is 0 Å². The number of H-pyrrole nitrogens is 1. The normalized spacial score (nSPS) is 11.1. The molecule has 2 N–H and O–H groups in total. The molecule has 0 radical (unpaired) electrons. The molecule has 4 heteroatoms. The Labute approximate surface area is 112 Å². The Hall–Kier alpha value is -1.68. The number of aromatic amines is 1. The molecule has 4 nitrogen and oxygen atoms in total. The van der Waals surface area contributed by atoms with Gasteiger partial charge in [0.1, 0.15) is 5.82 Å². The molecule has 2 rings (SSSR count). The molecule has 19 heavy (non-hydrogen) atoms. The number of benzene rings is 1. The lowest BCUT2D eigenvalue weighted by Gasteiger charge is -2.05. The van der Waals surface area contributed by atoms with Crippen LogP contribution in [0, 0.1) is 0 Å². The third-order valence-electron chi connectivity index (χ3n) is 3.22. The molecular weight excluding hydrogens is 240 g/mol. The number of hydrogen-bond donors (Lipinski definition) is 2. The summed E-state index contributed by atoms with van der Waals surface area (Å²) in [5.74, 6) is 0.766. The van der Waals surface area contributed by atoms with Crippen LogP contribution in [0.1, 0.15) is 37.6 Å². The van der Waals surface area contributed by atoms with E-state index in [0.29, 0.717) is 11.8 Å². The summed E-state index contributed by atoms with van der Waals surface area (Å²) in [7, 11) is 0. The summed E-state index contributed by atoms with van der Waals surface area (Å²) in [6.07, 6.45) is 4.42. The van der Waals surface area contributed by atoms with Gasteiger partial charge in [0, 0.05) is 13.0 Å². The highest BCUT2D eigenvalue weighted by atomic mass is 16.2. The van der Waals surface area contributed by atoms with Crippen LogP contribution in [0.3, 0.4) is 0 Å². The van der Waals surface area contributed by atoms with Gasteiger partial charge in [0.05, 0.1) is 10.9 Å². The summed E-state index contributed by atoms with van der Waals surface area (Å²) in [4.78, 5) is 19.3. The summed E-state index contributed by atoms with van der Waals surface area (Å²) in [5.41, 5.74) is 1.75. The topological polar surface area (TPSA) is 66.0 Å². The Bertz CT molecular complexity index is 605. The summed E-state index contributed by atoms with van der Waals surface area (Å²) in [6.45, 7) is 2.29. The van der Waals surface area contributed by atoms with E-state index in [9.17, 15) is 4.79 Å². The minimum Gasteiger partial charge on any atom is -0.396 e. The Morgan fingerprint density at radius 3 is 2.84 bits per heavy atom. The molecule has 0 unspecified atom stereocenters. The number of hydrogen-bond acceptors (Lipinski definition) is 3. The van der Waals surface area contributed by atoms with E-state index in [4.69, 9.17) is 5.11 Å². The van der Waals surface area contributed by atoms with Crippen LogP contribution < -0.4 is 5.56 Å². The third-order valence-corrected chi connectivity index (χ3v) is 3.22. The van der Waals surface area contributed by atoms with Gasteiger partial charge in [-0.2, -0.15) is 4.98 Å². The molecule has 102 valence electrons. The minimum absolute atomic E-state index is 0.161. The lowest BCUT2D eigenvalue weighted by Crippen LogP contribution is -2.12. The van der Waals surface area contributed by atoms with Gasteiger partial charge in [-0.1, -0.05) is 19.4 Å². The maximum Gasteiger partial charge on any atom is 0.280 e. The number of rotatable bonds is 6. The van der Waals surface area contributed by atoms with Gasteiger partial charge >= 0.3 is 0 Å². The van der Waals surface area contributed by atoms with Crippen LogP contribution in [0.25, 0.3) is 10.9 Å². The standard InChI is InChI=1S/C15H20N2O2/c1-2-3-6-14-16-13-8-7-11(5-4-9-18)10-12(13)15(19)17-14/h7-8,10,18H,2-6,9H2,1H3,(H,16,17,19). The average molecular weight is 260 g/mol. The Morgan fingerprint density at radius 1 is 1.26 bits per heavy atom. The second-order valence-electron chi connectivity index (χ2n) is 4.80. The summed E-state index contributed by atoms with van der Waals surface area (Å²) >= 11 is 0. The van der Waals surface area contributed by atoms with E-state index >= 15 is 0 Å². The first-order valence-electron chi connectivity index (χ1n) is 6.87. The molecule has 0 aliphatic heterocycles. The lowest BCUT2D eigenvalue weighted by molar-refractivity contribution is 0.288. The zero-order chi connectivity index (χ0) is 13.7. The van der Waals surface area contributed by atoms with E-state index in [1.165, 1.54) is 0 Å². The van der Waals surface area contributed by atoms with Crippen molar-refractivity contribution in [1.29, 1.82) is 0 Å². The zero-order valence-corrected chi connectivity index (χ0v) is 11.3. The van der Waals surface area contributed by atoms with Crippen molar-refractivity contribution in [3.05, 3.63) is 39.9 Å². The van der Waals surface area contributed by atoms with Crippen molar-refractivity contribution in [3.8, 4) is 0 Å². The van der Waals surface area contributed by atoms with Gasteiger partial charge in [0.25, 0.3) is 5.56 Å². The van der Waals surface area contributed by atoms with E-state index in [1.807, 2.05) is 18.2 Å². The van der Waals surface area contributed by atoms with Gasteiger partial charge in [-0.3, -0.25) is 4.79 Å². The van der Waals surface area contributed by atoms with E-state index in [0.717, 1.165) is 42.6 Å². The zero-order valence-electron chi connectivity index (χ0n) is 11.3. The summed E-state index contributed by atoms with van der Waals surface area (Å²) in [5, 5.41) is 9.47. The number of unbranched alkanes of at least 4 members (excludes halogenated alkanes) is 1. The highest BCUT2D eigenvalue weighted by Crippen LogP contribution is 2.12. The monoisotopic (exact) mass is 260 g/mol. The summed E-state index contributed by atoms with van der Waals surface area (Å²) in [6, 6.07) is 5.80. The third kappa shape index (κ3) is 3.41. The van der Waals surface area contributed by atoms with Crippen LogP contribution in [-0.2, 0) is 12.8 Å². The number of aryl methyl sites for hydroxylation is 2. The maximum absolute atomic E-state index is 12.0. The van der Waals surface area contributed by atoms with Gasteiger partial charge in [0.2, 0.25) is 0 Å². The van der Waals surface area contributed by atoms with Gasteiger partial charge in [-0.25, -0.2) is 0 Å². The van der Waals surface area contributed by atoms with Crippen LogP contribution >= 0.6 is 0 Å². The first-order chi connectivity index (χ1) is 9.24. The molecule has 1 heterocycles. The molecule has 0 aliphatic rings. The Morgan fingerprint density at radius 2 is 2.11 bits per heavy atom. The molecule has 0 aliphatic carbocycles. The van der Waals surface area contributed by atoms with Crippen molar-refractivity contribution >= 4 is 10.9 Å². The predicted molar refractivity (Wildman–Crippen MR) is 76.4 cm³/mol. The van der Waals surface area contributed by atoms with Crippen LogP contribution in [0.4, 0.5) is 0 Å². The number of aromatic nitrogens is 2. The average Bonchev–Trinajstić information content (AvgIpc) is 2.43. The Balaban J connectivity index is 2.33. The van der Waals surface area contributed by atoms with Crippen LogP contribution in [-0.4, -0.2) is 21.7 Å². The molecule has 1 aromatic heterocycles. The highest BCUT2D eigenvalue weighted by Gasteiger charge is 2.05. The summed E-state index contributed by atoms with van der Waals surface area (Å²) < 4.78 is 0. The number of aliphatic hydroxyl groups is 1. The van der Waals surface area contributed by atoms with Gasteiger partial charge < -0.3 is 10.1 Å². The smallest absolute Gasteiger partial charge is 0.280 e. The van der Waals surface area contributed by atoms with Gasteiger partial charge in [0.15, 0.2) is 0 Å². The first kappa shape index (κ1) is 13.7. The van der Waals surface area contributed by atoms with Crippen molar-refractivity contribution < 1.29 is 5.11 Å². The van der Waals surface area contributed by atoms with Crippen molar-refractivity contribution in [1.82, 2.24) is 9.97 Å². The fourth-order valence-electron chi connectivity index (χ4n) is 2.14. The second-order valence-corrected chi connectivity index (χ2v) is 4.80. The van der Waals surface area contributed by atoms with Crippen molar-refractivity contribution in [2.75, 3.05) is 6.61 Å². The highest BCUT2D eigenvalue weighted by molar-refractivity contribution is 5.78. The maximum atomic E-state index is 12.0. The van der Waals surface area contributed by atoms with E-state index in [1.54, 1.807) is 0 Å². The number of fused-ring (bicyclic) bond motifs is 1. The fraction of sp³-hybridized carbons (Fsp3) is 0.467. The number of nitrogens with one attached hydrogen (secondary N) is 1. The molecule has 0 amide bonds. The lowest BCUT2D eigenvalue weighted by atomic mass is 10.1. The molecule has 0 atom stereocenters. The quantitative estimate of drug-likeness (QED) is 0.836. The van der Waals surface area contributed by atoms with Crippen molar-refractivity contribution in [2.45, 2.75) is 39.0 Å². The molecule has 1 aromatic carbocycles. The molecular formula is C15H20N2O2. The van der Waals surface area contributed by atoms with E-state index in [2.05, 4.69) is 16.9 Å². The Kier molecular flexibility index (Phi) is 4.68. The van der Waals surface area contributed by atoms with Crippen LogP contribution in [0.2, 0.25) is 0 Å². The van der Waals surface area contributed by atoms with Crippen LogP contribution in [0.15, 0.2) is 23.0 Å². The van der Waals surface area contributed by atoms with Crippen LogP contribution in [0.5, 0.6) is 0 Å². The molecule has 0 fully saturated rings. The number of aliphatic hydroxyl groups excluding tert-OH is 1. The second kappa shape index (κ2) is 6.48. The van der Waals surface area contributed by atoms with Crippen molar-refractivity contribution in [3.63, 3.8) is 0 Å². The molecule has 0 spiro atoms. The largest absolute Gasteiger partial charge is 0.396 e. The van der Waals surface area contributed by atoms with E-state index in [-0.39, 0.29) is 12.2 Å². The molecule has 0 saturated carbocycles. The predicted octanol–water partition coefficient (Wildman–Crippen LogP) is 2.19.